The van der Waals surface area contributed by atoms with Gasteiger partial charge in [-0.2, -0.15) is 0 Å². The van der Waals surface area contributed by atoms with E-state index in [9.17, 15) is 9.90 Å². The number of benzene rings is 1. The number of nitrogens with zero attached hydrogens (tertiary/aromatic N) is 3. The van der Waals surface area contributed by atoms with Crippen LogP contribution in [0.5, 0.6) is 0 Å². The molecule has 1 aliphatic carbocycles. The van der Waals surface area contributed by atoms with Crippen molar-refractivity contribution in [2.45, 2.75) is 32.3 Å². The number of nitrogens with one attached hydrogen (secondary N) is 1. The first kappa shape index (κ1) is 14.7. The number of aromatic nitrogens is 3. The van der Waals surface area contributed by atoms with Crippen molar-refractivity contribution in [3.8, 4) is 5.69 Å². The van der Waals surface area contributed by atoms with Gasteiger partial charge in [-0.05, 0) is 31.9 Å². The first-order valence-electron chi connectivity index (χ1n) is 7.59. The third-order valence-corrected chi connectivity index (χ3v) is 4.17. The molecule has 1 aliphatic rings. The molecule has 116 valence electrons. The summed E-state index contributed by atoms with van der Waals surface area (Å²) in [5.74, 6) is -0.103. The molecule has 3 rings (SSSR count). The van der Waals surface area contributed by atoms with Crippen LogP contribution < -0.4 is 5.32 Å². The van der Waals surface area contributed by atoms with E-state index in [0.717, 1.165) is 30.5 Å². The number of rotatable bonds is 4. The summed E-state index contributed by atoms with van der Waals surface area (Å²) in [7, 11) is 0. The zero-order valence-electron chi connectivity index (χ0n) is 12.6. The summed E-state index contributed by atoms with van der Waals surface area (Å²) in [6.07, 6.45) is 4.11. The highest BCUT2D eigenvalue weighted by atomic mass is 16.3. The molecule has 1 heterocycles. The third-order valence-electron chi connectivity index (χ3n) is 4.17. The normalized spacial score (nSPS) is 21.0. The van der Waals surface area contributed by atoms with Gasteiger partial charge in [0.15, 0.2) is 5.69 Å². The standard InChI is InChI=1S/C16H20N4O2/c1-11-5-7-13(8-6-11)20-10-14(18-19-20)16(22)17-9-12-3-2-4-15(12)21/h5-8,10,12,15,21H,2-4,9H2,1H3,(H,17,22). The summed E-state index contributed by atoms with van der Waals surface area (Å²) in [4.78, 5) is 12.1. The Balaban J connectivity index is 1.63. The van der Waals surface area contributed by atoms with Gasteiger partial charge in [0, 0.05) is 12.5 Å². The smallest absolute Gasteiger partial charge is 0.273 e. The predicted molar refractivity (Wildman–Crippen MR) is 81.8 cm³/mol. The van der Waals surface area contributed by atoms with Gasteiger partial charge in [0.25, 0.3) is 5.91 Å². The van der Waals surface area contributed by atoms with Gasteiger partial charge in [0.2, 0.25) is 0 Å². The Morgan fingerprint density at radius 1 is 1.36 bits per heavy atom. The van der Waals surface area contributed by atoms with E-state index < -0.39 is 0 Å². The van der Waals surface area contributed by atoms with E-state index in [2.05, 4.69) is 15.6 Å². The molecule has 2 N–H and O–H groups in total. The molecule has 1 amide bonds. The van der Waals surface area contributed by atoms with E-state index in [0.29, 0.717) is 6.54 Å². The highest BCUT2D eigenvalue weighted by molar-refractivity contribution is 5.91. The molecule has 0 bridgehead atoms. The lowest BCUT2D eigenvalue weighted by Crippen LogP contribution is -2.32. The van der Waals surface area contributed by atoms with Crippen molar-refractivity contribution in [1.82, 2.24) is 20.3 Å². The van der Waals surface area contributed by atoms with Gasteiger partial charge in [0.05, 0.1) is 18.0 Å². The van der Waals surface area contributed by atoms with E-state index in [-0.39, 0.29) is 23.6 Å². The Bertz CT molecular complexity index is 650. The van der Waals surface area contributed by atoms with Gasteiger partial charge in [-0.3, -0.25) is 4.79 Å². The summed E-state index contributed by atoms with van der Waals surface area (Å²) in [5.41, 5.74) is 2.31. The number of hydrogen-bond acceptors (Lipinski definition) is 4. The Morgan fingerprint density at radius 2 is 2.14 bits per heavy atom. The third kappa shape index (κ3) is 3.17. The predicted octanol–water partition coefficient (Wildman–Crippen LogP) is 1.47. The molecule has 1 aromatic carbocycles. The van der Waals surface area contributed by atoms with Crippen molar-refractivity contribution < 1.29 is 9.90 Å². The Kier molecular flexibility index (Phi) is 4.20. The van der Waals surface area contributed by atoms with Crippen LogP contribution in [0, 0.1) is 12.8 Å². The molecule has 0 radical (unpaired) electrons. The van der Waals surface area contributed by atoms with Crippen LogP contribution in [-0.4, -0.2) is 38.7 Å². The summed E-state index contributed by atoms with van der Waals surface area (Å²) < 4.78 is 1.58. The second-order valence-corrected chi connectivity index (χ2v) is 5.85. The van der Waals surface area contributed by atoms with Gasteiger partial charge in [0.1, 0.15) is 0 Å². The van der Waals surface area contributed by atoms with E-state index >= 15 is 0 Å². The van der Waals surface area contributed by atoms with Crippen LogP contribution in [0.4, 0.5) is 0 Å². The van der Waals surface area contributed by atoms with Crippen LogP contribution in [0.2, 0.25) is 0 Å². The average Bonchev–Trinajstić information content (AvgIpc) is 3.15. The van der Waals surface area contributed by atoms with Gasteiger partial charge >= 0.3 is 0 Å². The van der Waals surface area contributed by atoms with E-state index in [1.165, 1.54) is 0 Å². The molecule has 0 saturated heterocycles. The lowest BCUT2D eigenvalue weighted by atomic mass is 10.1. The van der Waals surface area contributed by atoms with Crippen molar-refractivity contribution in [3.63, 3.8) is 0 Å². The van der Waals surface area contributed by atoms with Crippen molar-refractivity contribution in [2.75, 3.05) is 6.54 Å². The summed E-state index contributed by atoms with van der Waals surface area (Å²) in [6.45, 7) is 2.50. The Labute approximate surface area is 129 Å². The summed E-state index contributed by atoms with van der Waals surface area (Å²) in [6, 6.07) is 7.83. The molecule has 1 aromatic heterocycles. The van der Waals surface area contributed by atoms with E-state index in [1.807, 2.05) is 31.2 Å². The first-order valence-corrected chi connectivity index (χ1v) is 7.59. The Hall–Kier alpha value is -2.21. The average molecular weight is 300 g/mol. The molecular formula is C16H20N4O2. The maximum Gasteiger partial charge on any atom is 0.273 e. The van der Waals surface area contributed by atoms with Gasteiger partial charge in [-0.25, -0.2) is 4.68 Å². The maximum atomic E-state index is 12.1. The molecule has 6 heteroatoms. The second-order valence-electron chi connectivity index (χ2n) is 5.85. The minimum atomic E-state index is -0.302. The number of carbonyl (C=O) groups excluding carboxylic acids is 1. The molecule has 6 nitrogen and oxygen atoms in total. The zero-order valence-corrected chi connectivity index (χ0v) is 12.6. The SMILES string of the molecule is Cc1ccc(-n2cc(C(=O)NCC3CCCC3O)nn2)cc1. The largest absolute Gasteiger partial charge is 0.393 e. The highest BCUT2D eigenvalue weighted by Crippen LogP contribution is 2.24. The quantitative estimate of drug-likeness (QED) is 0.896. The van der Waals surface area contributed by atoms with Crippen molar-refractivity contribution in [1.29, 1.82) is 0 Å². The number of aliphatic hydroxyl groups excluding tert-OH is 1. The monoisotopic (exact) mass is 300 g/mol. The molecule has 1 fully saturated rings. The van der Waals surface area contributed by atoms with Gasteiger partial charge in [-0.1, -0.05) is 29.3 Å². The lowest BCUT2D eigenvalue weighted by Gasteiger charge is -2.14. The molecule has 2 unspecified atom stereocenters. The number of aryl methyl sites for hydroxylation is 1. The first-order chi connectivity index (χ1) is 10.6. The fraction of sp³-hybridized carbons (Fsp3) is 0.438. The lowest BCUT2D eigenvalue weighted by molar-refractivity contribution is 0.0912. The van der Waals surface area contributed by atoms with Gasteiger partial charge in [-0.15, -0.1) is 5.10 Å². The van der Waals surface area contributed by atoms with Crippen LogP contribution in [0.25, 0.3) is 5.69 Å². The zero-order chi connectivity index (χ0) is 15.5. The molecule has 0 aliphatic heterocycles. The summed E-state index contributed by atoms with van der Waals surface area (Å²) in [5, 5.41) is 20.5. The molecule has 0 spiro atoms. The number of carbonyl (C=O) groups is 1. The molecule has 1 saturated carbocycles. The van der Waals surface area contributed by atoms with Gasteiger partial charge < -0.3 is 10.4 Å². The fourth-order valence-corrected chi connectivity index (χ4v) is 2.76. The number of amides is 1. The van der Waals surface area contributed by atoms with Crippen molar-refractivity contribution in [2.24, 2.45) is 5.92 Å². The van der Waals surface area contributed by atoms with Crippen molar-refractivity contribution >= 4 is 5.91 Å². The number of aliphatic hydroxyl groups is 1. The second kappa shape index (κ2) is 6.27. The highest BCUT2D eigenvalue weighted by Gasteiger charge is 2.25. The van der Waals surface area contributed by atoms with Crippen LogP contribution in [0.3, 0.4) is 0 Å². The van der Waals surface area contributed by atoms with E-state index in [4.69, 9.17) is 0 Å². The van der Waals surface area contributed by atoms with Crippen LogP contribution in [-0.2, 0) is 0 Å². The molecule has 2 atom stereocenters. The fourth-order valence-electron chi connectivity index (χ4n) is 2.76. The van der Waals surface area contributed by atoms with Crippen LogP contribution in [0.15, 0.2) is 30.5 Å². The minimum Gasteiger partial charge on any atom is -0.393 e. The molecule has 22 heavy (non-hydrogen) atoms. The van der Waals surface area contributed by atoms with Crippen LogP contribution in [0.1, 0.15) is 35.3 Å². The van der Waals surface area contributed by atoms with E-state index in [1.54, 1.807) is 10.9 Å². The molecular weight excluding hydrogens is 280 g/mol. The number of hydrogen-bond donors (Lipinski definition) is 2. The summed E-state index contributed by atoms with van der Waals surface area (Å²) >= 11 is 0. The Morgan fingerprint density at radius 3 is 2.82 bits per heavy atom. The van der Waals surface area contributed by atoms with Crippen LogP contribution >= 0.6 is 0 Å². The maximum absolute atomic E-state index is 12.1. The van der Waals surface area contributed by atoms with Crippen molar-refractivity contribution in [3.05, 3.63) is 41.7 Å². The topological polar surface area (TPSA) is 80.0 Å². The minimum absolute atomic E-state index is 0.149. The molecule has 2 aromatic rings.